The normalized spacial score (nSPS) is 13.2. The zero-order chi connectivity index (χ0) is 15.5. The predicted octanol–water partition coefficient (Wildman–Crippen LogP) is 3.03. The second-order valence-electron chi connectivity index (χ2n) is 4.41. The lowest BCUT2D eigenvalue weighted by molar-refractivity contribution is -0.141. The molecule has 4 nitrogen and oxygen atoms in total. The number of ether oxygens (including phenoxy) is 1. The first kappa shape index (κ1) is 15.4. The highest BCUT2D eigenvalue weighted by Gasteiger charge is 2.33. The van der Waals surface area contributed by atoms with E-state index in [4.69, 9.17) is 4.74 Å². The number of aliphatic hydroxyl groups excluding tert-OH is 1. The van der Waals surface area contributed by atoms with Crippen LogP contribution in [-0.4, -0.2) is 21.5 Å². The number of nitrogens with zero attached hydrogens (tertiary/aromatic N) is 2. The lowest BCUT2D eigenvalue weighted by atomic mass is 10.1. The lowest BCUT2D eigenvalue weighted by Gasteiger charge is -2.15. The third-order valence-electron chi connectivity index (χ3n) is 2.87. The summed E-state index contributed by atoms with van der Waals surface area (Å²) in [6.07, 6.45) is -4.30. The second-order valence-corrected chi connectivity index (χ2v) is 4.41. The van der Waals surface area contributed by atoms with Crippen molar-refractivity contribution in [3.05, 3.63) is 47.8 Å². The Kier molecular flexibility index (Phi) is 4.52. The zero-order valence-corrected chi connectivity index (χ0v) is 11.3. The number of para-hydroxylation sites is 1. The van der Waals surface area contributed by atoms with E-state index >= 15 is 0 Å². The Bertz CT molecular complexity index is 596. The fraction of sp³-hybridized carbons (Fsp3) is 0.357. The van der Waals surface area contributed by atoms with Gasteiger partial charge in [-0.15, -0.1) is 0 Å². The topological polar surface area (TPSA) is 47.3 Å². The summed E-state index contributed by atoms with van der Waals surface area (Å²) in [4.78, 5) is 0. The van der Waals surface area contributed by atoms with Crippen LogP contribution in [0.15, 0.2) is 36.5 Å². The van der Waals surface area contributed by atoms with Crippen molar-refractivity contribution in [2.75, 3.05) is 6.61 Å². The summed E-state index contributed by atoms with van der Waals surface area (Å²) in [5.74, 6) is 0.510. The van der Waals surface area contributed by atoms with Gasteiger partial charge in [0.25, 0.3) is 0 Å². The smallest absolute Gasteiger partial charge is 0.435 e. The third kappa shape index (κ3) is 3.75. The van der Waals surface area contributed by atoms with Gasteiger partial charge >= 0.3 is 6.18 Å². The maximum atomic E-state index is 12.5. The molecule has 114 valence electrons. The van der Waals surface area contributed by atoms with Gasteiger partial charge in [0, 0.05) is 11.8 Å². The van der Waals surface area contributed by atoms with Gasteiger partial charge in [0.1, 0.15) is 11.9 Å². The molecule has 0 bridgehead atoms. The molecule has 1 aromatic carbocycles. The van der Waals surface area contributed by atoms with E-state index in [1.54, 1.807) is 24.3 Å². The van der Waals surface area contributed by atoms with Crippen LogP contribution in [0.4, 0.5) is 13.2 Å². The standard InChI is InChI=1S/C14H15F3N2O2/c1-2-21-12-6-4-3-5-10(12)11(20)9-19-8-7-13(18-19)14(15,16)17/h3-8,11,20H,2,9H2,1H3. The molecule has 1 N–H and O–H groups in total. The first-order valence-electron chi connectivity index (χ1n) is 6.42. The quantitative estimate of drug-likeness (QED) is 0.923. The maximum Gasteiger partial charge on any atom is 0.435 e. The minimum atomic E-state index is -4.49. The van der Waals surface area contributed by atoms with Crippen molar-refractivity contribution in [1.29, 1.82) is 0 Å². The lowest BCUT2D eigenvalue weighted by Crippen LogP contribution is -2.13. The number of hydrogen-bond donors (Lipinski definition) is 1. The van der Waals surface area contributed by atoms with E-state index in [1.165, 1.54) is 6.20 Å². The van der Waals surface area contributed by atoms with Gasteiger partial charge in [-0.1, -0.05) is 18.2 Å². The number of alkyl halides is 3. The molecule has 1 atom stereocenters. The average molecular weight is 300 g/mol. The van der Waals surface area contributed by atoms with Gasteiger partial charge in [0.2, 0.25) is 0 Å². The SMILES string of the molecule is CCOc1ccccc1C(O)Cn1ccc(C(F)(F)F)n1. The van der Waals surface area contributed by atoms with Crippen molar-refractivity contribution in [1.82, 2.24) is 9.78 Å². The van der Waals surface area contributed by atoms with Crippen molar-refractivity contribution in [3.8, 4) is 5.75 Å². The van der Waals surface area contributed by atoms with Crippen molar-refractivity contribution < 1.29 is 23.0 Å². The van der Waals surface area contributed by atoms with Crippen molar-refractivity contribution in [3.63, 3.8) is 0 Å². The van der Waals surface area contributed by atoms with E-state index in [0.717, 1.165) is 10.7 Å². The molecule has 2 rings (SSSR count). The van der Waals surface area contributed by atoms with Crippen LogP contribution in [-0.2, 0) is 12.7 Å². The molecule has 1 aromatic heterocycles. The van der Waals surface area contributed by atoms with Crippen molar-refractivity contribution in [2.45, 2.75) is 25.7 Å². The van der Waals surface area contributed by atoms with E-state index in [9.17, 15) is 18.3 Å². The van der Waals surface area contributed by atoms with Crippen molar-refractivity contribution >= 4 is 0 Å². The van der Waals surface area contributed by atoms with Gasteiger partial charge < -0.3 is 9.84 Å². The average Bonchev–Trinajstić information content (AvgIpc) is 2.88. The van der Waals surface area contributed by atoms with E-state index in [0.29, 0.717) is 17.9 Å². The molecular formula is C14H15F3N2O2. The van der Waals surface area contributed by atoms with Gasteiger partial charge in [-0.25, -0.2) is 0 Å². The molecule has 1 unspecified atom stereocenters. The molecule has 0 aliphatic heterocycles. The molecule has 1 heterocycles. The summed E-state index contributed by atoms with van der Waals surface area (Å²) in [5.41, 5.74) is -0.462. The summed E-state index contributed by atoms with van der Waals surface area (Å²) in [6.45, 7) is 2.16. The number of benzene rings is 1. The molecule has 0 fully saturated rings. The Balaban J connectivity index is 2.14. The van der Waals surface area contributed by atoms with Crippen LogP contribution in [0.2, 0.25) is 0 Å². The highest BCUT2D eigenvalue weighted by molar-refractivity contribution is 5.35. The van der Waals surface area contributed by atoms with E-state index in [-0.39, 0.29) is 6.54 Å². The molecule has 7 heteroatoms. The maximum absolute atomic E-state index is 12.5. The van der Waals surface area contributed by atoms with E-state index in [2.05, 4.69) is 5.10 Å². The Morgan fingerprint density at radius 2 is 2.00 bits per heavy atom. The van der Waals surface area contributed by atoms with E-state index < -0.39 is 18.0 Å². The fourth-order valence-electron chi connectivity index (χ4n) is 1.93. The minimum Gasteiger partial charge on any atom is -0.493 e. The monoisotopic (exact) mass is 300 g/mol. The summed E-state index contributed by atoms with van der Waals surface area (Å²) in [6, 6.07) is 7.74. The van der Waals surface area contributed by atoms with Crippen LogP contribution in [0.3, 0.4) is 0 Å². The molecular weight excluding hydrogens is 285 g/mol. The Hall–Kier alpha value is -2.02. The Morgan fingerprint density at radius 1 is 1.29 bits per heavy atom. The Morgan fingerprint density at radius 3 is 2.62 bits per heavy atom. The highest BCUT2D eigenvalue weighted by Crippen LogP contribution is 2.29. The van der Waals surface area contributed by atoms with Gasteiger partial charge in [-0.3, -0.25) is 4.68 Å². The van der Waals surface area contributed by atoms with E-state index in [1.807, 2.05) is 6.92 Å². The summed E-state index contributed by atoms with van der Waals surface area (Å²) in [7, 11) is 0. The largest absolute Gasteiger partial charge is 0.493 e. The highest BCUT2D eigenvalue weighted by atomic mass is 19.4. The molecule has 21 heavy (non-hydrogen) atoms. The number of aliphatic hydroxyl groups is 1. The molecule has 0 radical (unpaired) electrons. The molecule has 0 amide bonds. The van der Waals surface area contributed by atoms with Gasteiger partial charge in [-0.2, -0.15) is 18.3 Å². The first-order chi connectivity index (χ1) is 9.91. The van der Waals surface area contributed by atoms with Gasteiger partial charge in [0.05, 0.1) is 13.2 Å². The van der Waals surface area contributed by atoms with Gasteiger partial charge in [-0.05, 0) is 19.1 Å². The third-order valence-corrected chi connectivity index (χ3v) is 2.87. The number of hydrogen-bond acceptors (Lipinski definition) is 3. The minimum absolute atomic E-state index is 0.0832. The number of halogens is 3. The first-order valence-corrected chi connectivity index (χ1v) is 6.42. The molecule has 0 saturated heterocycles. The summed E-state index contributed by atoms with van der Waals surface area (Å²) >= 11 is 0. The van der Waals surface area contributed by atoms with Crippen LogP contribution in [0.25, 0.3) is 0 Å². The number of aromatic nitrogens is 2. The van der Waals surface area contributed by atoms with Crippen LogP contribution < -0.4 is 4.74 Å². The van der Waals surface area contributed by atoms with Gasteiger partial charge in [0.15, 0.2) is 5.69 Å². The molecule has 0 spiro atoms. The fourth-order valence-corrected chi connectivity index (χ4v) is 1.93. The van der Waals surface area contributed by atoms with Crippen LogP contribution >= 0.6 is 0 Å². The van der Waals surface area contributed by atoms with Crippen LogP contribution in [0.1, 0.15) is 24.3 Å². The zero-order valence-electron chi connectivity index (χ0n) is 11.3. The van der Waals surface area contributed by atoms with Crippen LogP contribution in [0, 0.1) is 0 Å². The molecule has 0 saturated carbocycles. The summed E-state index contributed by atoms with van der Waals surface area (Å²) < 4.78 is 43.9. The number of rotatable bonds is 5. The predicted molar refractivity (Wildman–Crippen MR) is 69.8 cm³/mol. The van der Waals surface area contributed by atoms with Crippen LogP contribution in [0.5, 0.6) is 5.75 Å². The molecule has 2 aromatic rings. The Labute approximate surface area is 119 Å². The van der Waals surface area contributed by atoms with Crippen molar-refractivity contribution in [2.24, 2.45) is 0 Å². The molecule has 0 aliphatic rings. The molecule has 0 aliphatic carbocycles. The summed E-state index contributed by atoms with van der Waals surface area (Å²) in [5, 5.41) is 13.6. The second kappa shape index (κ2) is 6.17.